The first-order valence-corrected chi connectivity index (χ1v) is 7.00. The highest BCUT2D eigenvalue weighted by atomic mass is 32.1. The van der Waals surface area contributed by atoms with E-state index >= 15 is 0 Å². The van der Waals surface area contributed by atoms with Crippen molar-refractivity contribution in [1.29, 1.82) is 0 Å². The van der Waals surface area contributed by atoms with Crippen molar-refractivity contribution in [3.05, 3.63) is 22.4 Å². The Balaban J connectivity index is 2.02. The lowest BCUT2D eigenvalue weighted by molar-refractivity contribution is -0.157. The Kier molecular flexibility index (Phi) is 3.71. The highest BCUT2D eigenvalue weighted by molar-refractivity contribution is 7.07. The van der Waals surface area contributed by atoms with E-state index in [4.69, 9.17) is 0 Å². The molecule has 0 spiro atoms. The first-order valence-electron chi connectivity index (χ1n) is 6.06. The molecule has 2 rings (SSSR count). The van der Waals surface area contributed by atoms with Gasteiger partial charge in [0.1, 0.15) is 0 Å². The number of carboxylic acids is 1. The first-order chi connectivity index (χ1) is 8.44. The maximum atomic E-state index is 13.1. The minimum atomic E-state index is -2.68. The van der Waals surface area contributed by atoms with Crippen molar-refractivity contribution in [2.75, 3.05) is 0 Å². The summed E-state index contributed by atoms with van der Waals surface area (Å²) in [5, 5.41) is 13.3. The molecule has 2 nitrogen and oxygen atoms in total. The molecule has 1 fully saturated rings. The molecule has 1 aromatic heterocycles. The van der Waals surface area contributed by atoms with Gasteiger partial charge in [0.25, 0.3) is 0 Å². The van der Waals surface area contributed by atoms with E-state index in [1.807, 2.05) is 16.8 Å². The second-order valence-corrected chi connectivity index (χ2v) is 5.85. The third-order valence-electron chi connectivity index (χ3n) is 3.86. The minimum absolute atomic E-state index is 0.0828. The van der Waals surface area contributed by atoms with Crippen LogP contribution in [-0.2, 0) is 11.2 Å². The summed E-state index contributed by atoms with van der Waals surface area (Å²) in [4.78, 5) is 11.4. The summed E-state index contributed by atoms with van der Waals surface area (Å²) in [5.74, 6) is -3.60. The molecule has 5 heteroatoms. The molecule has 0 atom stereocenters. The summed E-state index contributed by atoms with van der Waals surface area (Å²) >= 11 is 1.57. The van der Waals surface area contributed by atoms with Crippen LogP contribution >= 0.6 is 11.3 Å². The lowest BCUT2D eigenvalue weighted by atomic mass is 9.69. The van der Waals surface area contributed by atoms with Crippen LogP contribution in [0, 0.1) is 5.41 Å². The molecular formula is C13H16F2O2S. The van der Waals surface area contributed by atoms with Crippen molar-refractivity contribution in [1.82, 2.24) is 0 Å². The molecule has 1 aliphatic rings. The summed E-state index contributed by atoms with van der Waals surface area (Å²) in [5.41, 5.74) is 0.141. The van der Waals surface area contributed by atoms with Crippen LogP contribution in [0.5, 0.6) is 0 Å². The standard InChI is InChI=1S/C13H16F2O2S/c14-13(15)6-4-12(5-7-13,11(16)17)3-1-10-2-8-18-9-10/h2,8-9H,1,3-7H2,(H,16,17). The largest absolute Gasteiger partial charge is 0.481 e. The van der Waals surface area contributed by atoms with E-state index in [-0.39, 0.29) is 25.7 Å². The smallest absolute Gasteiger partial charge is 0.309 e. The number of hydrogen-bond acceptors (Lipinski definition) is 2. The molecule has 0 amide bonds. The van der Waals surface area contributed by atoms with Crippen molar-refractivity contribution in [3.63, 3.8) is 0 Å². The van der Waals surface area contributed by atoms with Gasteiger partial charge in [-0.1, -0.05) is 0 Å². The molecule has 0 aromatic carbocycles. The Bertz CT molecular complexity index is 405. The van der Waals surface area contributed by atoms with Gasteiger partial charge in [-0.25, -0.2) is 8.78 Å². The van der Waals surface area contributed by atoms with Gasteiger partial charge in [0, 0.05) is 12.8 Å². The van der Waals surface area contributed by atoms with Gasteiger partial charge in [-0.05, 0) is 48.1 Å². The predicted molar refractivity (Wildman–Crippen MR) is 66.1 cm³/mol. The fraction of sp³-hybridized carbons (Fsp3) is 0.615. The predicted octanol–water partition coefficient (Wildman–Crippen LogP) is 3.96. The average Bonchev–Trinajstić information content (AvgIpc) is 2.81. The maximum absolute atomic E-state index is 13.1. The zero-order chi connectivity index (χ0) is 13.2. The third-order valence-corrected chi connectivity index (χ3v) is 4.60. The van der Waals surface area contributed by atoms with Crippen LogP contribution in [0.1, 0.15) is 37.7 Å². The van der Waals surface area contributed by atoms with Crippen LogP contribution in [0.2, 0.25) is 0 Å². The van der Waals surface area contributed by atoms with Gasteiger partial charge in [-0.2, -0.15) is 11.3 Å². The van der Waals surface area contributed by atoms with Gasteiger partial charge in [-0.3, -0.25) is 4.79 Å². The number of hydrogen-bond donors (Lipinski definition) is 1. The highest BCUT2D eigenvalue weighted by Gasteiger charge is 2.47. The summed E-state index contributed by atoms with van der Waals surface area (Å²) in [6, 6.07) is 1.96. The van der Waals surface area contributed by atoms with Gasteiger partial charge >= 0.3 is 5.97 Å². The number of carbonyl (C=O) groups is 1. The Morgan fingerprint density at radius 1 is 1.33 bits per heavy atom. The highest BCUT2D eigenvalue weighted by Crippen LogP contribution is 2.46. The van der Waals surface area contributed by atoms with E-state index in [0.29, 0.717) is 12.8 Å². The fourth-order valence-corrected chi connectivity index (χ4v) is 3.19. The molecule has 0 saturated heterocycles. The van der Waals surface area contributed by atoms with Crippen LogP contribution in [0.15, 0.2) is 16.8 Å². The van der Waals surface area contributed by atoms with Crippen molar-refractivity contribution in [2.45, 2.75) is 44.4 Å². The summed E-state index contributed by atoms with van der Waals surface area (Å²) in [6.45, 7) is 0. The monoisotopic (exact) mass is 274 g/mol. The molecule has 0 aliphatic heterocycles. The lowest BCUT2D eigenvalue weighted by Gasteiger charge is -2.36. The Labute approximate surface area is 109 Å². The molecule has 18 heavy (non-hydrogen) atoms. The average molecular weight is 274 g/mol. The summed E-state index contributed by atoms with van der Waals surface area (Å²) in [6.07, 6.45) is 0.668. The Hall–Kier alpha value is -0.970. The minimum Gasteiger partial charge on any atom is -0.481 e. The molecule has 1 saturated carbocycles. The van der Waals surface area contributed by atoms with Crippen molar-refractivity contribution >= 4 is 17.3 Å². The van der Waals surface area contributed by atoms with Gasteiger partial charge < -0.3 is 5.11 Å². The number of rotatable bonds is 4. The second kappa shape index (κ2) is 4.96. The maximum Gasteiger partial charge on any atom is 0.309 e. The van der Waals surface area contributed by atoms with E-state index in [1.165, 1.54) is 0 Å². The van der Waals surface area contributed by atoms with E-state index in [2.05, 4.69) is 0 Å². The van der Waals surface area contributed by atoms with Gasteiger partial charge in [0.2, 0.25) is 5.92 Å². The molecule has 0 unspecified atom stereocenters. The molecule has 1 aromatic rings. The van der Waals surface area contributed by atoms with Gasteiger partial charge in [0.05, 0.1) is 5.41 Å². The van der Waals surface area contributed by atoms with E-state index in [0.717, 1.165) is 5.56 Å². The molecule has 1 N–H and O–H groups in total. The zero-order valence-corrected chi connectivity index (χ0v) is 10.8. The number of alkyl halides is 2. The van der Waals surface area contributed by atoms with Gasteiger partial charge in [-0.15, -0.1) is 0 Å². The SMILES string of the molecule is O=C(O)C1(CCc2ccsc2)CCC(F)(F)CC1. The van der Waals surface area contributed by atoms with Gasteiger partial charge in [0.15, 0.2) is 0 Å². The van der Waals surface area contributed by atoms with Crippen molar-refractivity contribution < 1.29 is 18.7 Å². The second-order valence-electron chi connectivity index (χ2n) is 5.07. The topological polar surface area (TPSA) is 37.3 Å². The summed E-state index contributed by atoms with van der Waals surface area (Å²) < 4.78 is 26.3. The first kappa shape index (κ1) is 13.5. The molecule has 1 heterocycles. The number of thiophene rings is 1. The molecular weight excluding hydrogens is 258 g/mol. The summed E-state index contributed by atoms with van der Waals surface area (Å²) in [7, 11) is 0. The molecule has 0 bridgehead atoms. The van der Waals surface area contributed by atoms with Crippen molar-refractivity contribution in [3.8, 4) is 0 Å². The quantitative estimate of drug-likeness (QED) is 0.902. The van der Waals surface area contributed by atoms with Crippen molar-refractivity contribution in [2.24, 2.45) is 5.41 Å². The third kappa shape index (κ3) is 2.88. The number of aliphatic carboxylic acids is 1. The van der Waals surface area contributed by atoms with Crippen LogP contribution < -0.4 is 0 Å². The Morgan fingerprint density at radius 3 is 2.50 bits per heavy atom. The number of aryl methyl sites for hydroxylation is 1. The normalized spacial score (nSPS) is 21.7. The van der Waals surface area contributed by atoms with E-state index < -0.39 is 17.3 Å². The van der Waals surface area contributed by atoms with Crippen LogP contribution in [0.4, 0.5) is 8.78 Å². The van der Waals surface area contributed by atoms with Crippen LogP contribution in [0.3, 0.4) is 0 Å². The molecule has 100 valence electrons. The number of halogens is 2. The Morgan fingerprint density at radius 2 is 2.00 bits per heavy atom. The fourth-order valence-electron chi connectivity index (χ4n) is 2.48. The lowest BCUT2D eigenvalue weighted by Crippen LogP contribution is -2.39. The number of carboxylic acid groups (broad SMARTS) is 1. The van der Waals surface area contributed by atoms with E-state index in [1.54, 1.807) is 11.3 Å². The zero-order valence-electron chi connectivity index (χ0n) is 9.99. The van der Waals surface area contributed by atoms with E-state index in [9.17, 15) is 18.7 Å². The van der Waals surface area contributed by atoms with Crippen LogP contribution in [-0.4, -0.2) is 17.0 Å². The molecule has 1 aliphatic carbocycles. The molecule has 0 radical (unpaired) electrons. The van der Waals surface area contributed by atoms with Crippen LogP contribution in [0.25, 0.3) is 0 Å².